The molecule has 2 rings (SSSR count). The molecule has 1 atom stereocenters. The molecule has 4 heteroatoms. The van der Waals surface area contributed by atoms with Crippen molar-refractivity contribution in [2.45, 2.75) is 38.8 Å². The Morgan fingerprint density at radius 1 is 1.53 bits per heavy atom. The summed E-state index contributed by atoms with van der Waals surface area (Å²) in [5, 5.41) is 6.98. The van der Waals surface area contributed by atoms with E-state index in [1.54, 1.807) is 0 Å². The second-order valence-electron chi connectivity index (χ2n) is 4.68. The van der Waals surface area contributed by atoms with Crippen LogP contribution in [0.1, 0.15) is 26.7 Å². The second-order valence-corrected chi connectivity index (χ2v) is 4.68. The molecule has 86 valence electrons. The van der Waals surface area contributed by atoms with Gasteiger partial charge in [-0.25, -0.2) is 0 Å². The highest BCUT2D eigenvalue weighted by Crippen LogP contribution is 2.08. The Balaban J connectivity index is 1.87. The van der Waals surface area contributed by atoms with Crippen LogP contribution in [-0.2, 0) is 0 Å². The number of guanidine groups is 1. The number of nitrogens with one attached hydrogen (secondary N) is 2. The van der Waals surface area contributed by atoms with Crippen molar-refractivity contribution in [3.63, 3.8) is 0 Å². The highest BCUT2D eigenvalue weighted by Gasteiger charge is 2.22. The van der Waals surface area contributed by atoms with Crippen LogP contribution in [0, 0.1) is 0 Å². The molecule has 1 fully saturated rings. The molecule has 1 saturated heterocycles. The highest BCUT2D eigenvalue weighted by atomic mass is 15.4. The van der Waals surface area contributed by atoms with E-state index in [-0.39, 0.29) is 0 Å². The minimum absolute atomic E-state index is 0.551. The van der Waals surface area contributed by atoms with Crippen LogP contribution in [0.3, 0.4) is 0 Å². The molecule has 0 aromatic rings. The lowest BCUT2D eigenvalue weighted by molar-refractivity contribution is 0.351. The van der Waals surface area contributed by atoms with Crippen molar-refractivity contribution < 1.29 is 0 Å². The summed E-state index contributed by atoms with van der Waals surface area (Å²) < 4.78 is 0. The van der Waals surface area contributed by atoms with E-state index in [1.165, 1.54) is 19.4 Å². The first-order chi connectivity index (χ1) is 7.27. The number of hydrogen-bond acceptors (Lipinski definition) is 4. The quantitative estimate of drug-likeness (QED) is 0.693. The van der Waals surface area contributed by atoms with Crippen molar-refractivity contribution in [2.24, 2.45) is 4.99 Å². The first-order valence-electron chi connectivity index (χ1n) is 6.05. The van der Waals surface area contributed by atoms with Crippen LogP contribution in [0.4, 0.5) is 0 Å². The summed E-state index contributed by atoms with van der Waals surface area (Å²) in [5.41, 5.74) is 0. The SMILES string of the molecule is CC(C)N1CCN=C1NC1CCCNC1. The zero-order valence-corrected chi connectivity index (χ0v) is 9.79. The zero-order valence-electron chi connectivity index (χ0n) is 9.79. The number of piperidine rings is 1. The van der Waals surface area contributed by atoms with Crippen molar-refractivity contribution in [1.29, 1.82) is 0 Å². The van der Waals surface area contributed by atoms with Gasteiger partial charge in [0.1, 0.15) is 0 Å². The van der Waals surface area contributed by atoms with Gasteiger partial charge in [0.15, 0.2) is 5.96 Å². The van der Waals surface area contributed by atoms with Crippen molar-refractivity contribution in [1.82, 2.24) is 15.5 Å². The molecule has 2 aliphatic heterocycles. The van der Waals surface area contributed by atoms with Gasteiger partial charge in [-0.15, -0.1) is 0 Å². The van der Waals surface area contributed by atoms with Crippen LogP contribution in [0.25, 0.3) is 0 Å². The molecule has 0 aliphatic carbocycles. The third kappa shape index (κ3) is 2.62. The maximum Gasteiger partial charge on any atom is 0.194 e. The van der Waals surface area contributed by atoms with E-state index in [4.69, 9.17) is 0 Å². The third-order valence-electron chi connectivity index (χ3n) is 3.13. The van der Waals surface area contributed by atoms with Crippen LogP contribution in [0.5, 0.6) is 0 Å². The fourth-order valence-electron chi connectivity index (χ4n) is 2.25. The molecule has 0 aromatic heterocycles. The molecule has 1 unspecified atom stereocenters. The van der Waals surface area contributed by atoms with Crippen LogP contribution in [-0.4, -0.2) is 49.1 Å². The Morgan fingerprint density at radius 3 is 3.07 bits per heavy atom. The van der Waals surface area contributed by atoms with Crippen molar-refractivity contribution in [3.05, 3.63) is 0 Å². The van der Waals surface area contributed by atoms with E-state index >= 15 is 0 Å². The smallest absolute Gasteiger partial charge is 0.194 e. The average Bonchev–Trinajstić information content (AvgIpc) is 2.67. The van der Waals surface area contributed by atoms with Crippen LogP contribution < -0.4 is 10.6 Å². The van der Waals surface area contributed by atoms with E-state index in [9.17, 15) is 0 Å². The molecule has 0 aromatic carbocycles. The van der Waals surface area contributed by atoms with Gasteiger partial charge in [0.25, 0.3) is 0 Å². The highest BCUT2D eigenvalue weighted by molar-refractivity contribution is 5.82. The van der Waals surface area contributed by atoms with Gasteiger partial charge in [-0.1, -0.05) is 0 Å². The normalized spacial score (nSPS) is 27.0. The minimum atomic E-state index is 0.551. The van der Waals surface area contributed by atoms with Gasteiger partial charge in [-0.2, -0.15) is 0 Å². The summed E-state index contributed by atoms with van der Waals surface area (Å²) in [7, 11) is 0. The lowest BCUT2D eigenvalue weighted by Crippen LogP contribution is -2.51. The molecule has 15 heavy (non-hydrogen) atoms. The molecular formula is C11H22N4. The van der Waals surface area contributed by atoms with Crippen molar-refractivity contribution in [2.75, 3.05) is 26.2 Å². The Labute approximate surface area is 92.1 Å². The molecule has 2 aliphatic rings. The molecule has 0 bridgehead atoms. The van der Waals surface area contributed by atoms with Gasteiger partial charge in [0.05, 0.1) is 6.54 Å². The Morgan fingerprint density at radius 2 is 2.40 bits per heavy atom. The molecule has 0 saturated carbocycles. The monoisotopic (exact) mass is 210 g/mol. The van der Waals surface area contributed by atoms with Crippen LogP contribution in [0.15, 0.2) is 4.99 Å². The van der Waals surface area contributed by atoms with E-state index in [0.29, 0.717) is 12.1 Å². The predicted octanol–water partition coefficient (Wildman–Crippen LogP) is 0.408. The summed E-state index contributed by atoms with van der Waals surface area (Å²) in [4.78, 5) is 6.89. The first-order valence-corrected chi connectivity index (χ1v) is 6.05. The fourth-order valence-corrected chi connectivity index (χ4v) is 2.25. The Bertz CT molecular complexity index is 231. The standard InChI is InChI=1S/C11H22N4/c1-9(2)15-7-6-13-11(15)14-10-4-3-5-12-8-10/h9-10,12H,3-8H2,1-2H3,(H,13,14). The summed E-state index contributed by atoms with van der Waals surface area (Å²) in [6.07, 6.45) is 2.53. The van der Waals surface area contributed by atoms with Gasteiger partial charge < -0.3 is 15.5 Å². The van der Waals surface area contributed by atoms with Crippen LogP contribution >= 0.6 is 0 Å². The molecule has 0 radical (unpaired) electrons. The maximum atomic E-state index is 4.54. The molecular weight excluding hydrogens is 188 g/mol. The molecule has 4 nitrogen and oxygen atoms in total. The largest absolute Gasteiger partial charge is 0.352 e. The third-order valence-corrected chi connectivity index (χ3v) is 3.13. The summed E-state index contributed by atoms with van der Waals surface area (Å²) in [6, 6.07) is 1.12. The average molecular weight is 210 g/mol. The van der Waals surface area contributed by atoms with Gasteiger partial charge >= 0.3 is 0 Å². The zero-order chi connectivity index (χ0) is 10.7. The number of hydrogen-bond donors (Lipinski definition) is 2. The predicted molar refractivity (Wildman–Crippen MR) is 63.2 cm³/mol. The molecule has 0 amide bonds. The molecule has 0 spiro atoms. The Hall–Kier alpha value is -0.770. The van der Waals surface area contributed by atoms with Gasteiger partial charge in [0.2, 0.25) is 0 Å². The van der Waals surface area contributed by atoms with E-state index in [0.717, 1.165) is 25.6 Å². The number of nitrogens with zero attached hydrogens (tertiary/aromatic N) is 2. The van der Waals surface area contributed by atoms with Gasteiger partial charge in [-0.05, 0) is 33.2 Å². The molecule has 2 heterocycles. The minimum Gasteiger partial charge on any atom is -0.352 e. The molecule has 2 N–H and O–H groups in total. The van der Waals surface area contributed by atoms with E-state index in [1.807, 2.05) is 0 Å². The maximum absolute atomic E-state index is 4.54. The topological polar surface area (TPSA) is 39.7 Å². The first kappa shape index (κ1) is 10.7. The second kappa shape index (κ2) is 4.84. The van der Waals surface area contributed by atoms with Crippen LogP contribution in [0.2, 0.25) is 0 Å². The fraction of sp³-hybridized carbons (Fsp3) is 0.909. The number of aliphatic imine (C=N–C) groups is 1. The lowest BCUT2D eigenvalue weighted by atomic mass is 10.1. The van der Waals surface area contributed by atoms with Gasteiger partial charge in [0, 0.05) is 25.2 Å². The number of rotatable bonds is 2. The summed E-state index contributed by atoms with van der Waals surface area (Å²) in [5.74, 6) is 1.11. The van der Waals surface area contributed by atoms with Gasteiger partial charge in [-0.3, -0.25) is 4.99 Å². The summed E-state index contributed by atoms with van der Waals surface area (Å²) in [6.45, 7) is 8.70. The van der Waals surface area contributed by atoms with Crippen molar-refractivity contribution in [3.8, 4) is 0 Å². The lowest BCUT2D eigenvalue weighted by Gasteiger charge is -2.30. The van der Waals surface area contributed by atoms with E-state index in [2.05, 4.69) is 34.4 Å². The van der Waals surface area contributed by atoms with E-state index < -0.39 is 0 Å². The Kier molecular flexibility index (Phi) is 3.46. The van der Waals surface area contributed by atoms with Crippen molar-refractivity contribution >= 4 is 5.96 Å². The summed E-state index contributed by atoms with van der Waals surface area (Å²) >= 11 is 0.